The number of aliphatic carboxylic acids is 1. The van der Waals surface area contributed by atoms with Crippen LogP contribution >= 0.6 is 27.7 Å². The van der Waals surface area contributed by atoms with Crippen LogP contribution < -0.4 is 0 Å². The molecule has 1 aromatic carbocycles. The Morgan fingerprint density at radius 1 is 1.32 bits per heavy atom. The molecule has 0 bridgehead atoms. The summed E-state index contributed by atoms with van der Waals surface area (Å²) in [4.78, 5) is 10.8. The summed E-state index contributed by atoms with van der Waals surface area (Å²) in [6.07, 6.45) is 4.55. The van der Waals surface area contributed by atoms with Gasteiger partial charge in [-0.15, -0.1) is 10.2 Å². The molecule has 0 saturated heterocycles. The van der Waals surface area contributed by atoms with Crippen molar-refractivity contribution in [3.63, 3.8) is 0 Å². The molecule has 1 N–H and O–H groups in total. The summed E-state index contributed by atoms with van der Waals surface area (Å²) in [6, 6.07) is 4.20. The zero-order chi connectivity index (χ0) is 15.7. The van der Waals surface area contributed by atoms with Crippen molar-refractivity contribution in [1.82, 2.24) is 14.8 Å². The van der Waals surface area contributed by atoms with Gasteiger partial charge in [0.1, 0.15) is 0 Å². The summed E-state index contributed by atoms with van der Waals surface area (Å²) in [5.41, 5.74) is 5.13. The molecule has 0 radical (unpaired) electrons. The lowest BCUT2D eigenvalue weighted by molar-refractivity contribution is -0.133. The fourth-order valence-electron chi connectivity index (χ4n) is 2.91. The van der Waals surface area contributed by atoms with Crippen LogP contribution in [0.25, 0.3) is 5.69 Å². The average molecular weight is 382 g/mol. The zero-order valence-electron chi connectivity index (χ0n) is 12.2. The van der Waals surface area contributed by atoms with Gasteiger partial charge in [0.05, 0.1) is 11.4 Å². The number of hydrogen-bond donors (Lipinski definition) is 1. The second-order valence-corrected chi connectivity index (χ2v) is 6.99. The number of benzene rings is 1. The Hall–Kier alpha value is -1.34. The lowest BCUT2D eigenvalue weighted by Crippen LogP contribution is -2.11. The number of aryl methyl sites for hydroxylation is 1. The minimum absolute atomic E-state index is 0.0286. The Kier molecular flexibility index (Phi) is 4.54. The van der Waals surface area contributed by atoms with Crippen LogP contribution in [0.1, 0.15) is 29.5 Å². The van der Waals surface area contributed by atoms with Crippen LogP contribution in [0.4, 0.5) is 0 Å². The maximum Gasteiger partial charge on any atom is 0.313 e. The zero-order valence-corrected chi connectivity index (χ0v) is 14.6. The van der Waals surface area contributed by atoms with Crippen molar-refractivity contribution in [3.8, 4) is 5.69 Å². The number of hydrogen-bond acceptors (Lipinski definition) is 4. The summed E-state index contributed by atoms with van der Waals surface area (Å²) in [7, 11) is 0. The smallest absolute Gasteiger partial charge is 0.313 e. The molecule has 5 nitrogen and oxygen atoms in total. The topological polar surface area (TPSA) is 68.0 Å². The fourth-order valence-corrected chi connectivity index (χ4v) is 4.13. The van der Waals surface area contributed by atoms with Crippen molar-refractivity contribution in [3.05, 3.63) is 33.6 Å². The Bertz CT molecular complexity index is 730. The van der Waals surface area contributed by atoms with Gasteiger partial charge in [0.15, 0.2) is 5.16 Å². The van der Waals surface area contributed by atoms with Gasteiger partial charge in [0, 0.05) is 0 Å². The van der Waals surface area contributed by atoms with Crippen molar-refractivity contribution >= 4 is 33.7 Å². The van der Waals surface area contributed by atoms with Crippen LogP contribution in [0, 0.1) is 6.92 Å². The van der Waals surface area contributed by atoms with Gasteiger partial charge in [-0.3, -0.25) is 9.36 Å². The maximum absolute atomic E-state index is 10.8. The van der Waals surface area contributed by atoms with E-state index in [0.717, 1.165) is 18.5 Å². The fraction of sp³-hybridized carbons (Fsp3) is 0.400. The second-order valence-electron chi connectivity index (χ2n) is 5.34. The summed E-state index contributed by atoms with van der Waals surface area (Å²) < 4.78 is 2.52. The van der Waals surface area contributed by atoms with Gasteiger partial charge in [-0.2, -0.15) is 0 Å². The van der Waals surface area contributed by atoms with Crippen molar-refractivity contribution in [2.45, 2.75) is 37.8 Å². The highest BCUT2D eigenvalue weighted by Crippen LogP contribution is 2.33. The largest absolute Gasteiger partial charge is 0.481 e. The standard InChI is InChI=1S/C15H16BrN3O2S/c1-9-6-7-12(11-5-3-2-4-10(9)11)19-14(16)17-18-15(19)22-8-13(20)21/h6-7H,2-5,8H2,1H3,(H,20,21). The molecule has 2 aromatic rings. The first kappa shape index (κ1) is 15.6. The van der Waals surface area contributed by atoms with Gasteiger partial charge in [-0.1, -0.05) is 17.8 Å². The van der Waals surface area contributed by atoms with E-state index in [2.05, 4.69) is 45.2 Å². The first-order valence-electron chi connectivity index (χ1n) is 7.15. The minimum Gasteiger partial charge on any atom is -0.481 e. The SMILES string of the molecule is Cc1ccc(-n2c(Br)nnc2SCC(=O)O)c2c1CCCC2. The van der Waals surface area contributed by atoms with E-state index in [1.807, 2.05) is 4.57 Å². The molecule has 0 unspecified atom stereocenters. The van der Waals surface area contributed by atoms with Crippen LogP contribution in [0.5, 0.6) is 0 Å². The molecule has 22 heavy (non-hydrogen) atoms. The van der Waals surface area contributed by atoms with Gasteiger partial charge in [-0.05, 0) is 71.3 Å². The molecule has 7 heteroatoms. The monoisotopic (exact) mass is 381 g/mol. The predicted octanol–water partition coefficient (Wildman–Crippen LogP) is 3.39. The number of rotatable bonds is 4. The third-order valence-electron chi connectivity index (χ3n) is 3.90. The van der Waals surface area contributed by atoms with Gasteiger partial charge in [0.2, 0.25) is 4.73 Å². The molecular formula is C15H16BrN3O2S. The molecule has 1 heterocycles. The highest BCUT2D eigenvalue weighted by molar-refractivity contribution is 9.10. The van der Waals surface area contributed by atoms with Crippen LogP contribution in [0.2, 0.25) is 0 Å². The molecule has 0 saturated carbocycles. The minimum atomic E-state index is -0.860. The van der Waals surface area contributed by atoms with Crippen LogP contribution in [0.3, 0.4) is 0 Å². The molecule has 0 atom stereocenters. The average Bonchev–Trinajstić information content (AvgIpc) is 2.87. The highest BCUT2D eigenvalue weighted by atomic mass is 79.9. The Morgan fingerprint density at radius 3 is 2.77 bits per heavy atom. The molecule has 1 aliphatic rings. The first-order chi connectivity index (χ1) is 10.6. The number of fused-ring (bicyclic) bond motifs is 1. The Morgan fingerprint density at radius 2 is 2.05 bits per heavy atom. The number of carbonyl (C=O) groups is 1. The van der Waals surface area contributed by atoms with E-state index in [4.69, 9.17) is 5.11 Å². The molecule has 0 aliphatic heterocycles. The predicted molar refractivity (Wildman–Crippen MR) is 88.8 cm³/mol. The van der Waals surface area contributed by atoms with E-state index in [0.29, 0.717) is 9.89 Å². The summed E-state index contributed by atoms with van der Waals surface area (Å²) in [5, 5.41) is 17.6. The summed E-state index contributed by atoms with van der Waals surface area (Å²) >= 11 is 4.62. The molecule has 0 spiro atoms. The number of aromatic nitrogens is 3. The number of nitrogens with zero attached hydrogens (tertiary/aromatic N) is 3. The Labute approximate surface area is 141 Å². The summed E-state index contributed by atoms with van der Waals surface area (Å²) in [5.74, 6) is -0.888. The van der Waals surface area contributed by atoms with Crippen LogP contribution in [-0.4, -0.2) is 31.6 Å². The quantitative estimate of drug-likeness (QED) is 0.821. The van der Waals surface area contributed by atoms with Gasteiger partial charge < -0.3 is 5.11 Å². The summed E-state index contributed by atoms with van der Waals surface area (Å²) in [6.45, 7) is 2.15. The third kappa shape index (κ3) is 2.92. The highest BCUT2D eigenvalue weighted by Gasteiger charge is 2.21. The van der Waals surface area contributed by atoms with Crippen molar-refractivity contribution in [2.24, 2.45) is 0 Å². The van der Waals surface area contributed by atoms with Gasteiger partial charge in [-0.25, -0.2) is 0 Å². The number of thioether (sulfide) groups is 1. The van der Waals surface area contributed by atoms with E-state index in [1.165, 1.54) is 41.3 Å². The number of carboxylic acid groups (broad SMARTS) is 1. The molecular weight excluding hydrogens is 366 g/mol. The third-order valence-corrected chi connectivity index (χ3v) is 5.33. The molecule has 3 rings (SSSR count). The van der Waals surface area contributed by atoms with Crippen molar-refractivity contribution in [2.75, 3.05) is 5.75 Å². The van der Waals surface area contributed by atoms with E-state index >= 15 is 0 Å². The van der Waals surface area contributed by atoms with E-state index in [9.17, 15) is 4.79 Å². The Balaban J connectivity index is 2.08. The van der Waals surface area contributed by atoms with Gasteiger partial charge >= 0.3 is 5.97 Å². The van der Waals surface area contributed by atoms with Crippen LogP contribution in [0.15, 0.2) is 22.0 Å². The molecule has 1 aliphatic carbocycles. The second kappa shape index (κ2) is 6.42. The lowest BCUT2D eigenvalue weighted by Gasteiger charge is -2.22. The van der Waals surface area contributed by atoms with Crippen molar-refractivity contribution < 1.29 is 9.90 Å². The molecule has 116 valence electrons. The van der Waals surface area contributed by atoms with E-state index in [-0.39, 0.29) is 5.75 Å². The van der Waals surface area contributed by atoms with Crippen LogP contribution in [-0.2, 0) is 17.6 Å². The maximum atomic E-state index is 10.8. The van der Waals surface area contributed by atoms with Gasteiger partial charge in [0.25, 0.3) is 0 Å². The normalized spacial score (nSPS) is 13.9. The van der Waals surface area contributed by atoms with E-state index in [1.54, 1.807) is 0 Å². The van der Waals surface area contributed by atoms with Crippen molar-refractivity contribution in [1.29, 1.82) is 0 Å². The first-order valence-corrected chi connectivity index (χ1v) is 8.93. The molecule has 0 fully saturated rings. The molecule has 1 aromatic heterocycles. The number of halogens is 1. The lowest BCUT2D eigenvalue weighted by atomic mass is 9.87. The molecule has 0 amide bonds. The number of carboxylic acids is 1. The van der Waals surface area contributed by atoms with E-state index < -0.39 is 5.97 Å².